The number of nitrogens with zero attached hydrogens (tertiary/aromatic N) is 1. The van der Waals surface area contributed by atoms with Gasteiger partial charge >= 0.3 is 6.18 Å². The van der Waals surface area contributed by atoms with Crippen LogP contribution >= 0.6 is 23.6 Å². The topological polar surface area (TPSA) is 54.7 Å². The highest BCUT2D eigenvalue weighted by Crippen LogP contribution is 2.42. The second kappa shape index (κ2) is 3.42. The number of fused-ring (bicyclic) bond motifs is 1. The van der Waals surface area contributed by atoms with E-state index in [0.29, 0.717) is 4.83 Å². The zero-order chi connectivity index (χ0) is 12.1. The van der Waals surface area contributed by atoms with E-state index in [1.54, 1.807) is 0 Å². The van der Waals surface area contributed by atoms with Crippen molar-refractivity contribution in [1.29, 1.82) is 0 Å². The Balaban J connectivity index is 2.95. The minimum absolute atomic E-state index is 0.0833. The Morgan fingerprint density at radius 1 is 1.44 bits per heavy atom. The molecule has 0 bridgehead atoms. The number of H-pyrrole nitrogens is 1. The van der Waals surface area contributed by atoms with Gasteiger partial charge < -0.3 is 10.7 Å². The van der Waals surface area contributed by atoms with Gasteiger partial charge in [-0.1, -0.05) is 0 Å². The summed E-state index contributed by atoms with van der Waals surface area (Å²) >= 11 is 5.72. The Morgan fingerprint density at radius 2 is 2.06 bits per heavy atom. The quantitative estimate of drug-likeness (QED) is 0.719. The highest BCUT2D eigenvalue weighted by atomic mass is 32.1. The molecule has 0 aliphatic rings. The molecule has 0 unspecified atom stereocenters. The largest absolute Gasteiger partial charge is 0.418 e. The Labute approximate surface area is 97.1 Å². The zero-order valence-electron chi connectivity index (χ0n) is 7.97. The van der Waals surface area contributed by atoms with Crippen LogP contribution in [0, 0.1) is 11.7 Å². The SMILES string of the molecule is Cc1sc2[nH]c(=S)nc(N)c2c1C(F)(F)F. The van der Waals surface area contributed by atoms with E-state index in [9.17, 15) is 13.2 Å². The van der Waals surface area contributed by atoms with Crippen molar-refractivity contribution in [3.63, 3.8) is 0 Å². The molecule has 2 aromatic rings. The average Bonchev–Trinajstić information content (AvgIpc) is 2.39. The van der Waals surface area contributed by atoms with Gasteiger partial charge in [0, 0.05) is 4.88 Å². The van der Waals surface area contributed by atoms with E-state index in [2.05, 4.69) is 9.97 Å². The molecule has 0 atom stereocenters. The van der Waals surface area contributed by atoms with Gasteiger partial charge in [0.2, 0.25) is 0 Å². The van der Waals surface area contributed by atoms with Crippen LogP contribution in [-0.4, -0.2) is 9.97 Å². The third-order valence-corrected chi connectivity index (χ3v) is 3.28. The lowest BCUT2D eigenvalue weighted by atomic mass is 10.2. The molecular weight excluding hydrogens is 259 g/mol. The van der Waals surface area contributed by atoms with Crippen molar-refractivity contribution >= 4 is 39.6 Å². The first-order chi connectivity index (χ1) is 7.30. The fourth-order valence-corrected chi connectivity index (χ4v) is 2.86. The van der Waals surface area contributed by atoms with Gasteiger partial charge in [0.15, 0.2) is 4.77 Å². The number of aryl methyl sites for hydroxylation is 1. The van der Waals surface area contributed by atoms with Crippen molar-refractivity contribution < 1.29 is 13.2 Å². The minimum atomic E-state index is -4.44. The molecule has 8 heteroatoms. The predicted octanol–water partition coefficient (Wildman–Crippen LogP) is 3.26. The monoisotopic (exact) mass is 265 g/mol. The smallest absolute Gasteiger partial charge is 0.383 e. The number of hydrogen-bond donors (Lipinski definition) is 2. The molecule has 16 heavy (non-hydrogen) atoms. The number of aromatic amines is 1. The fraction of sp³-hybridized carbons (Fsp3) is 0.250. The van der Waals surface area contributed by atoms with E-state index in [-0.39, 0.29) is 20.9 Å². The molecule has 2 heterocycles. The lowest BCUT2D eigenvalue weighted by Crippen LogP contribution is -2.07. The predicted molar refractivity (Wildman–Crippen MR) is 59.0 cm³/mol. The molecule has 86 valence electrons. The number of nitrogens with two attached hydrogens (primary N) is 1. The van der Waals surface area contributed by atoms with Crippen LogP contribution in [0.4, 0.5) is 19.0 Å². The Hall–Kier alpha value is -1.15. The van der Waals surface area contributed by atoms with Crippen LogP contribution in [0.25, 0.3) is 10.2 Å². The number of hydrogen-bond acceptors (Lipinski definition) is 4. The van der Waals surface area contributed by atoms with Crippen LogP contribution in [0.5, 0.6) is 0 Å². The van der Waals surface area contributed by atoms with Crippen LogP contribution in [0.1, 0.15) is 10.4 Å². The lowest BCUT2D eigenvalue weighted by Gasteiger charge is -2.07. The molecule has 0 spiro atoms. The summed E-state index contributed by atoms with van der Waals surface area (Å²) in [5, 5.41) is -0.0939. The van der Waals surface area contributed by atoms with E-state index in [0.717, 1.165) is 11.3 Å². The van der Waals surface area contributed by atoms with Gasteiger partial charge in [-0.2, -0.15) is 13.2 Å². The normalized spacial score (nSPS) is 12.2. The summed E-state index contributed by atoms with van der Waals surface area (Å²) in [6, 6.07) is 0. The first kappa shape index (κ1) is 11.3. The van der Waals surface area contributed by atoms with Gasteiger partial charge in [0.1, 0.15) is 10.6 Å². The van der Waals surface area contributed by atoms with Gasteiger partial charge in [-0.3, -0.25) is 0 Å². The summed E-state index contributed by atoms with van der Waals surface area (Å²) in [5.41, 5.74) is 4.74. The number of nitrogens with one attached hydrogen (secondary N) is 1. The third-order valence-electron chi connectivity index (χ3n) is 2.07. The highest BCUT2D eigenvalue weighted by Gasteiger charge is 2.37. The summed E-state index contributed by atoms with van der Waals surface area (Å²) in [7, 11) is 0. The maximum atomic E-state index is 12.8. The Kier molecular flexibility index (Phi) is 2.43. The van der Waals surface area contributed by atoms with Crippen molar-refractivity contribution in [3.8, 4) is 0 Å². The molecule has 0 aliphatic heterocycles. The molecule has 0 saturated carbocycles. The van der Waals surface area contributed by atoms with Gasteiger partial charge in [0.05, 0.1) is 10.9 Å². The molecule has 2 rings (SSSR count). The lowest BCUT2D eigenvalue weighted by molar-refractivity contribution is -0.136. The Bertz CT molecular complexity index is 611. The van der Waals surface area contributed by atoms with Gasteiger partial charge in [-0.25, -0.2) is 4.98 Å². The van der Waals surface area contributed by atoms with Crippen molar-refractivity contribution in [3.05, 3.63) is 15.2 Å². The summed E-state index contributed by atoms with van der Waals surface area (Å²) in [6.07, 6.45) is -4.44. The van der Waals surface area contributed by atoms with Crippen LogP contribution in [0.3, 0.4) is 0 Å². The van der Waals surface area contributed by atoms with Crippen LogP contribution < -0.4 is 5.73 Å². The number of anilines is 1. The van der Waals surface area contributed by atoms with Crippen LogP contribution in [-0.2, 0) is 6.18 Å². The molecule has 0 aliphatic carbocycles. The van der Waals surface area contributed by atoms with E-state index in [1.165, 1.54) is 6.92 Å². The minimum Gasteiger partial charge on any atom is -0.383 e. The third kappa shape index (κ3) is 1.67. The molecule has 0 amide bonds. The number of nitrogen functional groups attached to an aromatic ring is 1. The highest BCUT2D eigenvalue weighted by molar-refractivity contribution is 7.71. The van der Waals surface area contributed by atoms with Crippen molar-refractivity contribution in [1.82, 2.24) is 9.97 Å². The molecule has 0 aromatic carbocycles. The molecule has 3 N–H and O–H groups in total. The van der Waals surface area contributed by atoms with Gasteiger partial charge in [-0.15, -0.1) is 11.3 Å². The molecular formula is C8H6F3N3S2. The molecule has 2 aromatic heterocycles. The van der Waals surface area contributed by atoms with Crippen molar-refractivity contribution in [2.75, 3.05) is 5.73 Å². The zero-order valence-corrected chi connectivity index (χ0v) is 9.61. The first-order valence-corrected chi connectivity index (χ1v) is 5.39. The second-order valence-corrected chi connectivity index (χ2v) is 4.77. The summed E-state index contributed by atoms with van der Waals surface area (Å²) in [4.78, 5) is 6.69. The van der Waals surface area contributed by atoms with E-state index < -0.39 is 11.7 Å². The second-order valence-electron chi connectivity index (χ2n) is 3.16. The maximum Gasteiger partial charge on any atom is 0.418 e. The summed E-state index contributed by atoms with van der Waals surface area (Å²) in [5.74, 6) is -0.185. The standard InChI is InChI=1S/C8H6F3N3S2/c1-2-4(8(9,10)11)3-5(12)13-7(15)14-6(3)16-2/h1H3,(H3,12,13,14,15). The van der Waals surface area contributed by atoms with E-state index in [4.69, 9.17) is 18.0 Å². The molecule has 0 fully saturated rings. The van der Waals surface area contributed by atoms with Crippen LogP contribution in [0.2, 0.25) is 0 Å². The number of halogens is 3. The average molecular weight is 265 g/mol. The maximum absolute atomic E-state index is 12.8. The summed E-state index contributed by atoms with van der Waals surface area (Å²) < 4.78 is 38.4. The summed E-state index contributed by atoms with van der Waals surface area (Å²) in [6.45, 7) is 1.39. The number of aromatic nitrogens is 2. The van der Waals surface area contributed by atoms with E-state index >= 15 is 0 Å². The number of rotatable bonds is 0. The molecule has 0 saturated heterocycles. The van der Waals surface area contributed by atoms with Crippen molar-refractivity contribution in [2.45, 2.75) is 13.1 Å². The van der Waals surface area contributed by atoms with Crippen LogP contribution in [0.15, 0.2) is 0 Å². The Morgan fingerprint density at radius 3 is 2.62 bits per heavy atom. The number of thiophene rings is 1. The number of alkyl halides is 3. The molecule has 3 nitrogen and oxygen atoms in total. The van der Waals surface area contributed by atoms with Gasteiger partial charge in [0.25, 0.3) is 0 Å². The molecule has 0 radical (unpaired) electrons. The fourth-order valence-electron chi connectivity index (χ4n) is 1.51. The van der Waals surface area contributed by atoms with Crippen molar-refractivity contribution in [2.24, 2.45) is 0 Å². The first-order valence-electron chi connectivity index (χ1n) is 4.17. The van der Waals surface area contributed by atoms with E-state index in [1.807, 2.05) is 0 Å². The van der Waals surface area contributed by atoms with Gasteiger partial charge in [-0.05, 0) is 19.1 Å².